The first-order chi connectivity index (χ1) is 13.6. The highest BCUT2D eigenvalue weighted by Crippen LogP contribution is 2.30. The molecule has 0 aliphatic carbocycles. The zero-order valence-corrected chi connectivity index (χ0v) is 15.2. The predicted octanol–water partition coefficient (Wildman–Crippen LogP) is 4.33. The average molecular weight is 377 g/mol. The van der Waals surface area contributed by atoms with Gasteiger partial charge in [0.2, 0.25) is 0 Å². The van der Waals surface area contributed by atoms with Crippen molar-refractivity contribution in [2.24, 2.45) is 0 Å². The Labute approximate surface area is 161 Å². The van der Waals surface area contributed by atoms with Crippen LogP contribution >= 0.6 is 0 Å². The Morgan fingerprint density at radius 2 is 1.68 bits per heavy atom. The molecule has 0 aliphatic heterocycles. The van der Waals surface area contributed by atoms with E-state index in [0.29, 0.717) is 0 Å². The second kappa shape index (κ2) is 8.68. The number of imidazole rings is 1. The highest BCUT2D eigenvalue weighted by molar-refractivity contribution is 5.83. The second-order valence-electron chi connectivity index (χ2n) is 6.03. The third kappa shape index (κ3) is 4.45. The van der Waals surface area contributed by atoms with E-state index in [1.54, 1.807) is 7.11 Å². The molecule has 3 aromatic carbocycles. The summed E-state index contributed by atoms with van der Waals surface area (Å²) in [4.78, 5) is 12.6. The van der Waals surface area contributed by atoms with Crippen molar-refractivity contribution >= 4 is 10.8 Å². The van der Waals surface area contributed by atoms with Crippen LogP contribution in [0.2, 0.25) is 0 Å². The van der Waals surface area contributed by atoms with Gasteiger partial charge in [-0.3, -0.25) is 0 Å². The van der Waals surface area contributed by atoms with Crippen LogP contribution in [0.4, 0.5) is 0 Å². The predicted molar refractivity (Wildman–Crippen MR) is 105 cm³/mol. The molecule has 0 bridgehead atoms. The SMILES string of the molecule is COc1ccc(C(c2ccc3ccccc3c2)n2ccnc2)cc1.O=[N+]([O-])O. The van der Waals surface area contributed by atoms with Crippen molar-refractivity contribution in [1.82, 2.24) is 9.55 Å². The van der Waals surface area contributed by atoms with E-state index in [0.717, 1.165) is 5.75 Å². The lowest BCUT2D eigenvalue weighted by Crippen LogP contribution is -2.10. The quantitative estimate of drug-likeness (QED) is 0.422. The number of nitrogens with zero attached hydrogens (tertiary/aromatic N) is 3. The minimum absolute atomic E-state index is 0.0861. The Balaban J connectivity index is 0.000000516. The number of hydrogen-bond acceptors (Lipinski definition) is 4. The molecular formula is C21H19N3O4. The van der Waals surface area contributed by atoms with Gasteiger partial charge in [0.05, 0.1) is 19.5 Å². The minimum Gasteiger partial charge on any atom is -0.497 e. The Morgan fingerprint density at radius 1 is 1.04 bits per heavy atom. The topological polar surface area (TPSA) is 90.4 Å². The monoisotopic (exact) mass is 377 g/mol. The number of hydrogen-bond donors (Lipinski definition) is 1. The smallest absolute Gasteiger partial charge is 0.291 e. The zero-order valence-electron chi connectivity index (χ0n) is 15.2. The van der Waals surface area contributed by atoms with E-state index >= 15 is 0 Å². The number of ether oxygens (including phenoxy) is 1. The van der Waals surface area contributed by atoms with Gasteiger partial charge in [0, 0.05) is 12.4 Å². The van der Waals surface area contributed by atoms with Gasteiger partial charge in [-0.15, -0.1) is 10.1 Å². The first-order valence-corrected chi connectivity index (χ1v) is 8.52. The van der Waals surface area contributed by atoms with Gasteiger partial charge in [-0.05, 0) is 40.1 Å². The Morgan fingerprint density at radius 3 is 2.29 bits per heavy atom. The van der Waals surface area contributed by atoms with E-state index < -0.39 is 5.09 Å². The van der Waals surface area contributed by atoms with E-state index in [1.807, 2.05) is 30.9 Å². The van der Waals surface area contributed by atoms with Gasteiger partial charge in [-0.1, -0.05) is 48.5 Å². The fourth-order valence-electron chi connectivity index (χ4n) is 3.12. The normalized spacial score (nSPS) is 11.3. The van der Waals surface area contributed by atoms with Crippen molar-refractivity contribution in [2.45, 2.75) is 6.04 Å². The molecule has 1 unspecified atom stereocenters. The first kappa shape index (κ1) is 18.9. The lowest BCUT2D eigenvalue weighted by molar-refractivity contribution is -0.742. The Bertz CT molecular complexity index is 1040. The van der Waals surface area contributed by atoms with Crippen molar-refractivity contribution in [2.75, 3.05) is 7.11 Å². The molecule has 4 aromatic rings. The number of fused-ring (bicyclic) bond motifs is 1. The molecule has 142 valence electrons. The van der Waals surface area contributed by atoms with E-state index in [-0.39, 0.29) is 6.04 Å². The maximum absolute atomic E-state index is 8.36. The molecule has 4 rings (SSSR count). The largest absolute Gasteiger partial charge is 0.497 e. The number of methoxy groups -OCH3 is 1. The summed E-state index contributed by atoms with van der Waals surface area (Å²) in [6.45, 7) is 0. The van der Waals surface area contributed by atoms with E-state index in [4.69, 9.17) is 20.1 Å². The molecule has 28 heavy (non-hydrogen) atoms. The Kier molecular flexibility index (Phi) is 5.86. The summed E-state index contributed by atoms with van der Waals surface area (Å²) in [5, 5.41) is 16.1. The number of aromatic nitrogens is 2. The summed E-state index contributed by atoms with van der Waals surface area (Å²) >= 11 is 0. The molecule has 0 saturated carbocycles. The van der Waals surface area contributed by atoms with Gasteiger partial charge in [-0.2, -0.15) is 0 Å². The van der Waals surface area contributed by atoms with Crippen LogP contribution < -0.4 is 4.74 Å². The second-order valence-corrected chi connectivity index (χ2v) is 6.03. The van der Waals surface area contributed by atoms with Gasteiger partial charge < -0.3 is 14.5 Å². The fourth-order valence-corrected chi connectivity index (χ4v) is 3.12. The van der Waals surface area contributed by atoms with Gasteiger partial charge in [0.15, 0.2) is 0 Å². The highest BCUT2D eigenvalue weighted by atomic mass is 16.9. The van der Waals surface area contributed by atoms with E-state index in [9.17, 15) is 0 Å². The molecule has 7 nitrogen and oxygen atoms in total. The van der Waals surface area contributed by atoms with Crippen molar-refractivity contribution in [1.29, 1.82) is 0 Å². The standard InChI is InChI=1S/C21H18N2O.HNO3/c1-24-20-10-8-17(9-11-20)21(23-13-12-22-15-23)19-7-6-16-4-2-3-5-18(16)14-19;2-1(3)4/h2-15,21H,1H3;(H,2,3,4). The number of benzene rings is 3. The minimum atomic E-state index is -1.50. The molecule has 1 heterocycles. The van der Waals surface area contributed by atoms with E-state index in [2.05, 4.69) is 64.1 Å². The molecule has 0 spiro atoms. The molecule has 1 N–H and O–H groups in total. The van der Waals surface area contributed by atoms with Gasteiger partial charge in [0.25, 0.3) is 5.09 Å². The van der Waals surface area contributed by atoms with Crippen LogP contribution in [0.15, 0.2) is 85.5 Å². The van der Waals surface area contributed by atoms with Gasteiger partial charge in [0.1, 0.15) is 5.75 Å². The van der Waals surface area contributed by atoms with Crippen molar-refractivity contribution in [3.8, 4) is 5.75 Å². The lowest BCUT2D eigenvalue weighted by Gasteiger charge is -2.20. The number of rotatable bonds is 4. The zero-order chi connectivity index (χ0) is 19.9. The molecular weight excluding hydrogens is 358 g/mol. The summed E-state index contributed by atoms with van der Waals surface area (Å²) in [7, 11) is 1.69. The maximum Gasteiger partial charge on any atom is 0.291 e. The molecule has 1 atom stereocenters. The van der Waals surface area contributed by atoms with Crippen molar-refractivity contribution in [3.05, 3.63) is 107 Å². The average Bonchev–Trinajstić information content (AvgIpc) is 3.22. The molecule has 1 aromatic heterocycles. The van der Waals surface area contributed by atoms with Crippen molar-refractivity contribution < 1.29 is 15.0 Å². The molecule has 0 fully saturated rings. The van der Waals surface area contributed by atoms with Gasteiger partial charge in [-0.25, -0.2) is 4.98 Å². The third-order valence-corrected chi connectivity index (χ3v) is 4.34. The third-order valence-electron chi connectivity index (χ3n) is 4.34. The van der Waals surface area contributed by atoms with Crippen LogP contribution in [0, 0.1) is 10.1 Å². The fraction of sp³-hybridized carbons (Fsp3) is 0.0952. The van der Waals surface area contributed by atoms with Gasteiger partial charge >= 0.3 is 0 Å². The van der Waals surface area contributed by atoms with Crippen LogP contribution in [-0.4, -0.2) is 27.0 Å². The maximum atomic E-state index is 8.36. The van der Waals surface area contributed by atoms with Crippen LogP contribution in [-0.2, 0) is 0 Å². The summed E-state index contributed by atoms with van der Waals surface area (Å²) in [6.07, 6.45) is 5.69. The Hall–Kier alpha value is -3.87. The first-order valence-electron chi connectivity index (χ1n) is 8.52. The van der Waals surface area contributed by atoms with Crippen LogP contribution in [0.5, 0.6) is 5.75 Å². The summed E-state index contributed by atoms with van der Waals surface area (Å²) in [5.41, 5.74) is 2.43. The summed E-state index contributed by atoms with van der Waals surface area (Å²) in [6, 6.07) is 23.4. The van der Waals surface area contributed by atoms with Crippen LogP contribution in [0.25, 0.3) is 10.8 Å². The van der Waals surface area contributed by atoms with E-state index in [1.165, 1.54) is 21.9 Å². The molecule has 0 amide bonds. The van der Waals surface area contributed by atoms with Crippen LogP contribution in [0.1, 0.15) is 17.2 Å². The summed E-state index contributed by atoms with van der Waals surface area (Å²) < 4.78 is 7.41. The molecule has 0 aliphatic rings. The lowest BCUT2D eigenvalue weighted by atomic mass is 9.96. The van der Waals surface area contributed by atoms with Crippen LogP contribution in [0.3, 0.4) is 0 Å². The molecule has 7 heteroatoms. The molecule has 0 radical (unpaired) electrons. The summed E-state index contributed by atoms with van der Waals surface area (Å²) in [5.74, 6) is 0.863. The highest BCUT2D eigenvalue weighted by Gasteiger charge is 2.16. The van der Waals surface area contributed by atoms with Crippen molar-refractivity contribution in [3.63, 3.8) is 0 Å². The molecule has 0 saturated heterocycles.